The van der Waals surface area contributed by atoms with Crippen molar-refractivity contribution in [3.8, 4) is 0 Å². The predicted molar refractivity (Wildman–Crippen MR) is 74.6 cm³/mol. The van der Waals surface area contributed by atoms with Gasteiger partial charge in [0, 0.05) is 18.0 Å². The van der Waals surface area contributed by atoms with Crippen molar-refractivity contribution in [3.63, 3.8) is 0 Å². The molecule has 0 saturated carbocycles. The second-order valence-electron chi connectivity index (χ2n) is 4.85. The normalized spacial score (nSPS) is 26.4. The molecule has 1 N–H and O–H groups in total. The van der Waals surface area contributed by atoms with E-state index in [1.807, 2.05) is 13.0 Å². The lowest BCUT2D eigenvalue weighted by Gasteiger charge is -2.22. The van der Waals surface area contributed by atoms with Crippen LogP contribution in [0, 0.1) is 0 Å². The minimum absolute atomic E-state index is 0.161. The maximum absolute atomic E-state index is 5.91. The molecule has 0 radical (unpaired) electrons. The molecular weight excluding hydrogens is 248 g/mol. The van der Waals surface area contributed by atoms with Crippen molar-refractivity contribution in [2.45, 2.75) is 31.4 Å². The number of rotatable bonds is 5. The van der Waals surface area contributed by atoms with Crippen molar-refractivity contribution >= 4 is 11.6 Å². The van der Waals surface area contributed by atoms with Crippen LogP contribution in [0.25, 0.3) is 0 Å². The van der Waals surface area contributed by atoms with Crippen LogP contribution in [0.4, 0.5) is 0 Å². The molecule has 0 spiro atoms. The lowest BCUT2D eigenvalue weighted by molar-refractivity contribution is 0.0871. The fourth-order valence-corrected chi connectivity index (χ4v) is 2.35. The highest BCUT2D eigenvalue weighted by Crippen LogP contribution is 2.29. The molecule has 0 aliphatic carbocycles. The number of nitrogens with one attached hydrogen (secondary N) is 1. The average molecular weight is 269 g/mol. The molecule has 100 valence electrons. The maximum Gasteiger partial charge on any atom is 0.101 e. The molecule has 1 unspecified atom stereocenters. The van der Waals surface area contributed by atoms with E-state index in [-0.39, 0.29) is 11.5 Å². The molecular formula is C14H21ClN2O. The zero-order valence-electron chi connectivity index (χ0n) is 11.0. The average Bonchev–Trinajstić information content (AvgIpc) is 2.72. The van der Waals surface area contributed by atoms with E-state index in [4.69, 9.17) is 16.3 Å². The molecule has 1 heterocycles. The molecule has 1 aromatic carbocycles. The van der Waals surface area contributed by atoms with Crippen LogP contribution in [0.15, 0.2) is 30.3 Å². The van der Waals surface area contributed by atoms with Crippen LogP contribution in [0.2, 0.25) is 0 Å². The smallest absolute Gasteiger partial charge is 0.101 e. The Morgan fingerprint density at radius 2 is 2.17 bits per heavy atom. The summed E-state index contributed by atoms with van der Waals surface area (Å²) in [5.74, 6) is 0. The van der Waals surface area contributed by atoms with E-state index in [1.54, 1.807) is 0 Å². The van der Waals surface area contributed by atoms with Crippen LogP contribution < -0.4 is 5.32 Å². The van der Waals surface area contributed by atoms with Crippen LogP contribution in [-0.2, 0) is 4.74 Å². The summed E-state index contributed by atoms with van der Waals surface area (Å²) in [6, 6.07) is 10.8. The van der Waals surface area contributed by atoms with E-state index in [9.17, 15) is 0 Å². The third kappa shape index (κ3) is 3.45. The Bertz CT molecular complexity index is 358. The zero-order valence-corrected chi connectivity index (χ0v) is 11.7. The summed E-state index contributed by atoms with van der Waals surface area (Å²) < 4.78 is 5.87. The van der Waals surface area contributed by atoms with Gasteiger partial charge >= 0.3 is 0 Å². The van der Waals surface area contributed by atoms with Crippen LogP contribution in [0.1, 0.15) is 25.5 Å². The van der Waals surface area contributed by atoms with Gasteiger partial charge in [-0.3, -0.25) is 4.90 Å². The van der Waals surface area contributed by atoms with Gasteiger partial charge in [-0.05, 0) is 19.4 Å². The van der Waals surface area contributed by atoms with Crippen LogP contribution in [-0.4, -0.2) is 36.3 Å². The van der Waals surface area contributed by atoms with Crippen molar-refractivity contribution < 1.29 is 4.74 Å². The number of halogens is 1. The van der Waals surface area contributed by atoms with Gasteiger partial charge in [-0.2, -0.15) is 0 Å². The van der Waals surface area contributed by atoms with Gasteiger partial charge in [0.05, 0.1) is 12.8 Å². The minimum Gasteiger partial charge on any atom is -0.356 e. The molecule has 1 fully saturated rings. The van der Waals surface area contributed by atoms with E-state index in [0.717, 1.165) is 13.2 Å². The van der Waals surface area contributed by atoms with E-state index >= 15 is 0 Å². The number of hydrogen-bond acceptors (Lipinski definition) is 3. The predicted octanol–water partition coefficient (Wildman–Crippen LogP) is 2.58. The van der Waals surface area contributed by atoms with E-state index in [0.29, 0.717) is 12.8 Å². The highest BCUT2D eigenvalue weighted by Gasteiger charge is 2.32. The van der Waals surface area contributed by atoms with Gasteiger partial charge in [-0.1, -0.05) is 30.3 Å². The molecule has 4 heteroatoms. The summed E-state index contributed by atoms with van der Waals surface area (Å²) in [4.78, 5) is 2.29. The third-order valence-corrected chi connectivity index (χ3v) is 3.46. The van der Waals surface area contributed by atoms with Crippen molar-refractivity contribution in [2.24, 2.45) is 0 Å². The van der Waals surface area contributed by atoms with Gasteiger partial charge in [0.25, 0.3) is 0 Å². The van der Waals surface area contributed by atoms with Crippen molar-refractivity contribution in [1.82, 2.24) is 10.2 Å². The zero-order chi connectivity index (χ0) is 13.0. The number of nitrogens with zero attached hydrogens (tertiary/aromatic N) is 1. The number of hydrogen-bond donors (Lipinski definition) is 1. The van der Waals surface area contributed by atoms with Crippen LogP contribution in [0.5, 0.6) is 0 Å². The summed E-state index contributed by atoms with van der Waals surface area (Å²) in [5.41, 5.74) is 1.25. The van der Waals surface area contributed by atoms with E-state index in [2.05, 4.69) is 41.4 Å². The van der Waals surface area contributed by atoms with Crippen molar-refractivity contribution in [2.75, 3.05) is 19.9 Å². The Balaban J connectivity index is 1.87. The molecule has 3 nitrogen and oxygen atoms in total. The Morgan fingerprint density at radius 1 is 1.44 bits per heavy atom. The first kappa shape index (κ1) is 13.8. The monoisotopic (exact) mass is 268 g/mol. The maximum atomic E-state index is 5.91. The summed E-state index contributed by atoms with van der Waals surface area (Å²) in [5, 5.41) is 3.50. The molecule has 2 rings (SSSR count). The highest BCUT2D eigenvalue weighted by atomic mass is 35.5. The number of ether oxygens (including phenoxy) is 1. The Kier molecular flexibility index (Phi) is 5.01. The highest BCUT2D eigenvalue weighted by molar-refractivity contribution is 6.20. The van der Waals surface area contributed by atoms with Gasteiger partial charge in [-0.25, -0.2) is 0 Å². The fraction of sp³-hybridized carbons (Fsp3) is 0.571. The summed E-state index contributed by atoms with van der Waals surface area (Å²) in [6.07, 6.45) is 0.168. The van der Waals surface area contributed by atoms with Crippen LogP contribution in [0.3, 0.4) is 0 Å². The second-order valence-corrected chi connectivity index (χ2v) is 5.59. The lowest BCUT2D eigenvalue weighted by atomic mass is 10.0. The van der Waals surface area contributed by atoms with E-state index < -0.39 is 0 Å². The van der Waals surface area contributed by atoms with Gasteiger partial charge in [-0.15, -0.1) is 11.6 Å². The Morgan fingerprint density at radius 3 is 2.83 bits per heavy atom. The SMILES string of the molecule is CC(Cl)CNCN1CO[C@@H](c2ccccc2)[C@H]1C. The quantitative estimate of drug-likeness (QED) is 0.831. The summed E-state index contributed by atoms with van der Waals surface area (Å²) in [7, 11) is 0. The molecule has 1 aliphatic rings. The van der Waals surface area contributed by atoms with Gasteiger partial charge in [0.15, 0.2) is 0 Å². The Labute approximate surface area is 114 Å². The largest absolute Gasteiger partial charge is 0.356 e. The minimum atomic E-state index is 0.161. The number of alkyl halides is 1. The molecule has 1 aliphatic heterocycles. The van der Waals surface area contributed by atoms with Crippen molar-refractivity contribution in [1.29, 1.82) is 0 Å². The molecule has 0 aromatic heterocycles. The summed E-state index contributed by atoms with van der Waals surface area (Å²) >= 11 is 5.91. The molecule has 18 heavy (non-hydrogen) atoms. The Hall–Kier alpha value is -0.610. The van der Waals surface area contributed by atoms with Crippen molar-refractivity contribution in [3.05, 3.63) is 35.9 Å². The molecule has 1 saturated heterocycles. The lowest BCUT2D eigenvalue weighted by Crippen LogP contribution is -2.39. The van der Waals surface area contributed by atoms with Crippen LogP contribution >= 0.6 is 11.6 Å². The second kappa shape index (κ2) is 6.53. The van der Waals surface area contributed by atoms with Gasteiger partial charge in [0.1, 0.15) is 6.73 Å². The van der Waals surface area contributed by atoms with Gasteiger partial charge < -0.3 is 10.1 Å². The molecule has 0 bridgehead atoms. The summed E-state index contributed by atoms with van der Waals surface area (Å²) in [6.45, 7) is 6.51. The first-order valence-corrected chi connectivity index (χ1v) is 6.87. The standard InChI is InChI=1S/C14H21ClN2O/c1-11(15)8-16-9-17-10-18-14(12(17)2)13-6-4-3-5-7-13/h3-7,11-12,14,16H,8-10H2,1-2H3/t11?,12-,14-/m1/s1. The fourth-order valence-electron chi connectivity index (χ4n) is 2.24. The van der Waals surface area contributed by atoms with Gasteiger partial charge in [0.2, 0.25) is 0 Å². The molecule has 1 aromatic rings. The molecule has 3 atom stereocenters. The first-order chi connectivity index (χ1) is 8.68. The third-order valence-electron chi connectivity index (χ3n) is 3.30. The van der Waals surface area contributed by atoms with E-state index in [1.165, 1.54) is 5.56 Å². The first-order valence-electron chi connectivity index (χ1n) is 6.44. The number of benzene rings is 1. The molecule has 0 amide bonds. The topological polar surface area (TPSA) is 24.5 Å².